The van der Waals surface area contributed by atoms with Gasteiger partial charge in [-0.25, -0.2) is 0 Å². The van der Waals surface area contributed by atoms with Gasteiger partial charge >= 0.3 is 0 Å². The first-order valence-electron chi connectivity index (χ1n) is 17.9. The van der Waals surface area contributed by atoms with Crippen LogP contribution in [-0.2, 0) is 32.2 Å². The fourth-order valence-electron chi connectivity index (χ4n) is 5.89. The van der Waals surface area contributed by atoms with E-state index in [1.165, 1.54) is 51.4 Å². The predicted octanol–water partition coefficient (Wildman–Crippen LogP) is 6.52. The quantitative estimate of drug-likeness (QED) is 0.0302. The Morgan fingerprint density at radius 3 is 1.98 bits per heavy atom. The highest BCUT2D eigenvalue weighted by Crippen LogP contribution is 2.25. The summed E-state index contributed by atoms with van der Waals surface area (Å²) in [7, 11) is 0. The van der Waals surface area contributed by atoms with E-state index < -0.39 is 55.6 Å². The van der Waals surface area contributed by atoms with Crippen LogP contribution in [0.15, 0.2) is 77.9 Å². The summed E-state index contributed by atoms with van der Waals surface area (Å²) in [5.74, 6) is 0. The molecule has 0 amide bonds. The SMILES string of the molecule is CCCCCCCCCCCC=CC[C@@H](OCc1ccccc1)[C@@H](OCc1ccccc1)[C@H](CO[C@H]1O[C@H](CO)[C@H](O)[C@H](O)[C@H]1O)N=[N+]=[N-]. The minimum atomic E-state index is -1.60. The summed E-state index contributed by atoms with van der Waals surface area (Å²) in [6.07, 6.45) is 8.57. The van der Waals surface area contributed by atoms with Crippen molar-refractivity contribution >= 4 is 0 Å². The van der Waals surface area contributed by atoms with Gasteiger partial charge < -0.3 is 39.4 Å². The summed E-state index contributed by atoms with van der Waals surface area (Å²) in [6.45, 7) is 1.92. The van der Waals surface area contributed by atoms with Gasteiger partial charge in [-0.2, -0.15) is 0 Å². The lowest BCUT2D eigenvalue weighted by Gasteiger charge is -2.40. The van der Waals surface area contributed by atoms with E-state index in [1.54, 1.807) is 0 Å². The first-order valence-corrected chi connectivity index (χ1v) is 17.9. The van der Waals surface area contributed by atoms with Crippen LogP contribution in [0.3, 0.4) is 0 Å². The molecule has 0 bridgehead atoms. The molecule has 11 nitrogen and oxygen atoms in total. The van der Waals surface area contributed by atoms with E-state index in [2.05, 4.69) is 29.1 Å². The van der Waals surface area contributed by atoms with Crippen molar-refractivity contribution in [2.24, 2.45) is 5.11 Å². The maximum atomic E-state index is 10.5. The van der Waals surface area contributed by atoms with Gasteiger partial charge in [-0.15, -0.1) is 0 Å². The van der Waals surface area contributed by atoms with Gasteiger partial charge in [0, 0.05) is 4.91 Å². The van der Waals surface area contributed by atoms with Crippen molar-refractivity contribution in [3.8, 4) is 0 Å². The van der Waals surface area contributed by atoms with Crippen LogP contribution in [0.5, 0.6) is 0 Å². The fraction of sp³-hybridized carbons (Fsp3) is 0.632. The maximum Gasteiger partial charge on any atom is 0.186 e. The van der Waals surface area contributed by atoms with Crippen molar-refractivity contribution in [1.82, 2.24) is 0 Å². The molecule has 0 aliphatic carbocycles. The standard InChI is InChI=1S/C38H57N3O8/c1-2-3-4-5-6-7-8-9-10-11-12-19-24-32(46-26-29-20-15-13-16-21-29)37(47-27-30-22-17-14-18-23-30)31(40-41-39)28-48-38-36(45)35(44)34(43)33(25-42)49-38/h12-23,31-38,42-45H,2-11,24-28H2,1H3/t31-,32+,33+,34-,35-,36+,37-,38-/m0/s1. The normalized spacial score (nSPS) is 22.8. The molecule has 1 aliphatic heterocycles. The van der Waals surface area contributed by atoms with Crippen LogP contribution in [0.25, 0.3) is 10.4 Å². The second kappa shape index (κ2) is 24.3. The third kappa shape index (κ3) is 14.9. The van der Waals surface area contributed by atoms with Gasteiger partial charge in [0.2, 0.25) is 0 Å². The number of azide groups is 1. The van der Waals surface area contributed by atoms with E-state index in [9.17, 15) is 26.0 Å². The average molecular weight is 684 g/mol. The van der Waals surface area contributed by atoms with Crippen LogP contribution >= 0.6 is 0 Å². The molecular weight excluding hydrogens is 626 g/mol. The van der Waals surface area contributed by atoms with Crippen molar-refractivity contribution in [1.29, 1.82) is 0 Å². The van der Waals surface area contributed by atoms with Crippen molar-refractivity contribution in [2.45, 2.75) is 140 Å². The van der Waals surface area contributed by atoms with Crippen molar-refractivity contribution in [3.05, 3.63) is 94.4 Å². The van der Waals surface area contributed by atoms with Gasteiger partial charge in [0.1, 0.15) is 24.4 Å². The third-order valence-electron chi connectivity index (χ3n) is 8.83. The van der Waals surface area contributed by atoms with Crippen LogP contribution in [-0.4, -0.2) is 82.6 Å². The van der Waals surface area contributed by atoms with E-state index in [-0.39, 0.29) is 13.2 Å². The molecule has 2 aromatic carbocycles. The van der Waals surface area contributed by atoms with Gasteiger partial charge in [-0.05, 0) is 35.9 Å². The molecule has 8 atom stereocenters. The summed E-state index contributed by atoms with van der Waals surface area (Å²) in [4.78, 5) is 3.08. The molecule has 0 radical (unpaired) electrons. The van der Waals surface area contributed by atoms with E-state index >= 15 is 0 Å². The van der Waals surface area contributed by atoms with Crippen molar-refractivity contribution in [3.63, 3.8) is 0 Å². The van der Waals surface area contributed by atoms with Crippen molar-refractivity contribution < 1.29 is 39.4 Å². The number of ether oxygens (including phenoxy) is 4. The van der Waals surface area contributed by atoms with Crippen LogP contribution in [0, 0.1) is 0 Å². The van der Waals surface area contributed by atoms with Crippen LogP contribution in [0.4, 0.5) is 0 Å². The number of aliphatic hydroxyl groups is 4. The second-order valence-corrected chi connectivity index (χ2v) is 12.7. The number of aliphatic hydroxyl groups excluding tert-OH is 4. The molecule has 0 saturated carbocycles. The number of rotatable bonds is 25. The average Bonchev–Trinajstić information content (AvgIpc) is 3.13. The van der Waals surface area contributed by atoms with E-state index in [4.69, 9.17) is 18.9 Å². The number of allylic oxidation sites excluding steroid dienone is 1. The lowest BCUT2D eigenvalue weighted by Crippen LogP contribution is -2.59. The Morgan fingerprint density at radius 2 is 1.39 bits per heavy atom. The Labute approximate surface area is 291 Å². The highest BCUT2D eigenvalue weighted by Gasteiger charge is 2.44. The molecule has 272 valence electrons. The minimum Gasteiger partial charge on any atom is -0.394 e. The highest BCUT2D eigenvalue weighted by molar-refractivity contribution is 5.14. The van der Waals surface area contributed by atoms with E-state index in [0.717, 1.165) is 24.0 Å². The zero-order valence-corrected chi connectivity index (χ0v) is 28.9. The Kier molecular flexibility index (Phi) is 20.2. The Hall–Kier alpha value is -2.83. The van der Waals surface area contributed by atoms with Gasteiger partial charge in [0.25, 0.3) is 0 Å². The molecule has 49 heavy (non-hydrogen) atoms. The van der Waals surface area contributed by atoms with Gasteiger partial charge in [-0.1, -0.05) is 136 Å². The molecule has 2 aromatic rings. The number of benzene rings is 2. The number of hydrogen-bond acceptors (Lipinski definition) is 9. The molecule has 1 aliphatic rings. The largest absolute Gasteiger partial charge is 0.394 e. The van der Waals surface area contributed by atoms with Crippen LogP contribution in [0.1, 0.15) is 88.7 Å². The van der Waals surface area contributed by atoms with E-state index in [1.807, 2.05) is 60.7 Å². The van der Waals surface area contributed by atoms with Crippen molar-refractivity contribution in [2.75, 3.05) is 13.2 Å². The van der Waals surface area contributed by atoms with Crippen LogP contribution in [0.2, 0.25) is 0 Å². The molecule has 1 saturated heterocycles. The lowest BCUT2D eigenvalue weighted by atomic mass is 9.99. The molecule has 0 unspecified atom stereocenters. The first kappa shape index (κ1) is 40.6. The Balaban J connectivity index is 1.72. The zero-order chi connectivity index (χ0) is 35.1. The number of nitrogens with zero attached hydrogens (tertiary/aromatic N) is 3. The summed E-state index contributed by atoms with van der Waals surface area (Å²) in [5.41, 5.74) is 11.5. The molecule has 1 fully saturated rings. The summed E-state index contributed by atoms with van der Waals surface area (Å²) >= 11 is 0. The molecular formula is C38H57N3O8. The highest BCUT2D eigenvalue weighted by atomic mass is 16.7. The fourth-order valence-corrected chi connectivity index (χ4v) is 5.89. The topological polar surface area (TPSA) is 167 Å². The van der Waals surface area contributed by atoms with Gasteiger partial charge in [-0.3, -0.25) is 0 Å². The smallest absolute Gasteiger partial charge is 0.186 e. The molecule has 4 N–H and O–H groups in total. The minimum absolute atomic E-state index is 0.219. The zero-order valence-electron chi connectivity index (χ0n) is 28.9. The number of hydrogen-bond donors (Lipinski definition) is 4. The predicted molar refractivity (Wildman–Crippen MR) is 188 cm³/mol. The van der Waals surface area contributed by atoms with E-state index in [0.29, 0.717) is 13.0 Å². The maximum absolute atomic E-state index is 10.5. The third-order valence-corrected chi connectivity index (χ3v) is 8.83. The molecule has 3 rings (SSSR count). The second-order valence-electron chi connectivity index (χ2n) is 12.7. The molecule has 0 spiro atoms. The van der Waals surface area contributed by atoms with Gasteiger partial charge in [0.05, 0.1) is 44.7 Å². The van der Waals surface area contributed by atoms with Crippen LogP contribution < -0.4 is 0 Å². The lowest BCUT2D eigenvalue weighted by molar-refractivity contribution is -0.303. The summed E-state index contributed by atoms with van der Waals surface area (Å²) in [5, 5.41) is 44.6. The molecule has 1 heterocycles. The first-order chi connectivity index (χ1) is 24.0. The summed E-state index contributed by atoms with van der Waals surface area (Å²) < 4.78 is 24.3. The Bertz CT molecular complexity index is 1200. The summed E-state index contributed by atoms with van der Waals surface area (Å²) in [6, 6.07) is 18.5. The Morgan fingerprint density at radius 1 is 0.796 bits per heavy atom. The molecule has 11 heteroatoms. The van der Waals surface area contributed by atoms with Gasteiger partial charge in [0.15, 0.2) is 6.29 Å². The monoisotopic (exact) mass is 683 g/mol. The number of unbranched alkanes of at least 4 members (excludes halogenated alkanes) is 9. The molecule has 0 aromatic heterocycles.